The molecule has 1 rings (SSSR count). The Kier molecular flexibility index (Phi) is 3.72. The van der Waals surface area contributed by atoms with Crippen LogP contribution in [0.5, 0.6) is 5.75 Å². The van der Waals surface area contributed by atoms with Gasteiger partial charge in [0, 0.05) is 5.38 Å². The summed E-state index contributed by atoms with van der Waals surface area (Å²) < 4.78 is 5.16. The fourth-order valence-electron chi connectivity index (χ4n) is 0.995. The van der Waals surface area contributed by atoms with Gasteiger partial charge >= 0.3 is 0 Å². The van der Waals surface area contributed by atoms with Crippen molar-refractivity contribution in [3.63, 3.8) is 0 Å². The number of methoxy groups -OCH3 is 1. The maximum atomic E-state index is 10.7. The molecule has 0 saturated carbocycles. The number of rotatable bonds is 2. The first-order valence-corrected chi connectivity index (χ1v) is 8.99. The molecule has 0 aliphatic heterocycles. The molecule has 0 aromatic carbocycles. The molecule has 0 radical (unpaired) electrons. The lowest BCUT2D eigenvalue weighted by molar-refractivity contribution is 0.112. The van der Waals surface area contributed by atoms with Crippen LogP contribution < -0.4 is 4.74 Å². The fraction of sp³-hybridized carbons (Fsp3) is 0.364. The van der Waals surface area contributed by atoms with E-state index in [9.17, 15) is 4.79 Å². The van der Waals surface area contributed by atoms with Crippen molar-refractivity contribution in [1.29, 1.82) is 0 Å². The average Bonchev–Trinajstić information content (AvgIpc) is 2.55. The molecule has 1 aromatic heterocycles. The lowest BCUT2D eigenvalue weighted by Gasteiger charge is -2.03. The third-order valence-corrected chi connectivity index (χ3v) is 3.42. The molecule has 0 unspecified atom stereocenters. The minimum absolute atomic E-state index is 0.609. The Morgan fingerprint density at radius 1 is 1.47 bits per heavy atom. The van der Waals surface area contributed by atoms with Crippen molar-refractivity contribution >= 4 is 25.7 Å². The van der Waals surface area contributed by atoms with E-state index in [2.05, 4.69) is 31.1 Å². The highest BCUT2D eigenvalue weighted by molar-refractivity contribution is 7.12. The maximum Gasteiger partial charge on any atom is 0.163 e. The van der Waals surface area contributed by atoms with Crippen LogP contribution in [0.1, 0.15) is 15.2 Å². The van der Waals surface area contributed by atoms with E-state index in [0.29, 0.717) is 10.6 Å². The summed E-state index contributed by atoms with van der Waals surface area (Å²) in [6.45, 7) is 6.54. The van der Waals surface area contributed by atoms with Gasteiger partial charge in [-0.25, -0.2) is 0 Å². The summed E-state index contributed by atoms with van der Waals surface area (Å²) in [6, 6.07) is 0. The van der Waals surface area contributed by atoms with E-state index in [0.717, 1.165) is 11.8 Å². The molecule has 0 fully saturated rings. The van der Waals surface area contributed by atoms with Gasteiger partial charge in [0.1, 0.15) is 13.0 Å². The minimum atomic E-state index is -1.38. The zero-order valence-electron chi connectivity index (χ0n) is 9.38. The number of aldehydes is 1. The molecule has 0 aliphatic carbocycles. The Labute approximate surface area is 95.3 Å². The van der Waals surface area contributed by atoms with Gasteiger partial charge in [-0.2, -0.15) is 0 Å². The van der Waals surface area contributed by atoms with Crippen molar-refractivity contribution in [1.82, 2.24) is 0 Å². The summed E-state index contributed by atoms with van der Waals surface area (Å²) in [7, 11) is 0.187. The number of carbonyl (C=O) groups excluding carboxylic acids is 1. The van der Waals surface area contributed by atoms with Gasteiger partial charge in [0.05, 0.1) is 12.7 Å². The van der Waals surface area contributed by atoms with Crippen LogP contribution in [-0.2, 0) is 0 Å². The Morgan fingerprint density at radius 2 is 2.13 bits per heavy atom. The quantitative estimate of drug-likeness (QED) is 0.450. The van der Waals surface area contributed by atoms with Crippen molar-refractivity contribution in [2.75, 3.05) is 7.11 Å². The van der Waals surface area contributed by atoms with Gasteiger partial charge < -0.3 is 4.74 Å². The highest BCUT2D eigenvalue weighted by atomic mass is 32.1. The molecule has 0 spiro atoms. The second-order valence-electron chi connectivity index (χ2n) is 4.16. The smallest absolute Gasteiger partial charge is 0.163 e. The Hall–Kier alpha value is -1.05. The highest BCUT2D eigenvalue weighted by Gasteiger charge is 2.11. The Bertz CT molecular complexity index is 418. The van der Waals surface area contributed by atoms with Crippen LogP contribution in [0.3, 0.4) is 0 Å². The standard InChI is InChI=1S/C11H14O2SSi/c1-13-11-9(5-6-15(2,3)4)8-14-10(11)7-12/h7-8H,1-4H3. The van der Waals surface area contributed by atoms with Gasteiger partial charge in [-0.05, 0) is 0 Å². The van der Waals surface area contributed by atoms with Crippen LogP contribution in [0.25, 0.3) is 0 Å². The molecule has 0 bridgehead atoms. The minimum Gasteiger partial charge on any atom is -0.494 e. The topological polar surface area (TPSA) is 26.3 Å². The average molecular weight is 238 g/mol. The molecular formula is C11H14O2SSi. The third kappa shape index (κ3) is 3.22. The van der Waals surface area contributed by atoms with E-state index in [1.54, 1.807) is 7.11 Å². The van der Waals surface area contributed by atoms with Gasteiger partial charge in [-0.15, -0.1) is 16.9 Å². The maximum absolute atomic E-state index is 10.7. The SMILES string of the molecule is COc1c(C#C[Si](C)(C)C)csc1C=O. The van der Waals surface area contributed by atoms with E-state index in [4.69, 9.17) is 4.74 Å². The van der Waals surface area contributed by atoms with Gasteiger partial charge in [-0.3, -0.25) is 4.79 Å². The molecule has 4 heteroatoms. The fourth-order valence-corrected chi connectivity index (χ4v) is 2.27. The highest BCUT2D eigenvalue weighted by Crippen LogP contribution is 2.28. The van der Waals surface area contributed by atoms with Crippen molar-refractivity contribution in [2.45, 2.75) is 19.6 Å². The van der Waals surface area contributed by atoms with Crippen LogP contribution >= 0.6 is 11.3 Å². The van der Waals surface area contributed by atoms with E-state index in [-0.39, 0.29) is 0 Å². The Morgan fingerprint density at radius 3 is 2.60 bits per heavy atom. The number of hydrogen-bond donors (Lipinski definition) is 0. The van der Waals surface area contributed by atoms with E-state index in [1.165, 1.54) is 11.3 Å². The number of carbonyl (C=O) groups is 1. The molecule has 2 nitrogen and oxygen atoms in total. The predicted octanol–water partition coefficient (Wildman–Crippen LogP) is 2.80. The van der Waals surface area contributed by atoms with Gasteiger partial charge in [-0.1, -0.05) is 25.6 Å². The molecule has 15 heavy (non-hydrogen) atoms. The molecule has 0 saturated heterocycles. The normalized spacial score (nSPS) is 10.4. The van der Waals surface area contributed by atoms with Crippen molar-refractivity contribution < 1.29 is 9.53 Å². The number of thiophene rings is 1. The third-order valence-electron chi connectivity index (χ3n) is 1.66. The first kappa shape index (κ1) is 12.0. The second kappa shape index (κ2) is 4.64. The summed E-state index contributed by atoms with van der Waals surface area (Å²) in [6.07, 6.45) is 0.809. The lowest BCUT2D eigenvalue weighted by atomic mass is 10.3. The summed E-state index contributed by atoms with van der Waals surface area (Å²) in [4.78, 5) is 11.3. The molecule has 0 aliphatic rings. The molecule has 1 heterocycles. The van der Waals surface area contributed by atoms with Crippen LogP contribution in [0.15, 0.2) is 5.38 Å². The van der Waals surface area contributed by atoms with Crippen molar-refractivity contribution in [2.24, 2.45) is 0 Å². The summed E-state index contributed by atoms with van der Waals surface area (Å²) in [5, 5.41) is 1.87. The molecular weight excluding hydrogens is 224 g/mol. The van der Waals surface area contributed by atoms with Crippen LogP contribution in [0.2, 0.25) is 19.6 Å². The molecule has 0 N–H and O–H groups in total. The number of hydrogen-bond acceptors (Lipinski definition) is 3. The summed E-state index contributed by atoms with van der Waals surface area (Å²) in [5.74, 6) is 3.71. The van der Waals surface area contributed by atoms with E-state index >= 15 is 0 Å². The summed E-state index contributed by atoms with van der Waals surface area (Å²) in [5.41, 5.74) is 4.08. The van der Waals surface area contributed by atoms with Gasteiger partial charge in [0.25, 0.3) is 0 Å². The van der Waals surface area contributed by atoms with Crippen LogP contribution in [-0.4, -0.2) is 21.5 Å². The summed E-state index contributed by atoms with van der Waals surface area (Å²) >= 11 is 1.37. The van der Waals surface area contributed by atoms with Gasteiger partial charge in [0.15, 0.2) is 12.0 Å². The zero-order valence-corrected chi connectivity index (χ0v) is 11.2. The predicted molar refractivity (Wildman–Crippen MR) is 66.5 cm³/mol. The van der Waals surface area contributed by atoms with Crippen LogP contribution in [0, 0.1) is 11.5 Å². The first-order chi connectivity index (χ1) is 6.98. The Balaban J connectivity index is 3.09. The molecule has 0 amide bonds. The molecule has 0 atom stereocenters. The first-order valence-electron chi connectivity index (χ1n) is 4.62. The van der Waals surface area contributed by atoms with E-state index < -0.39 is 8.07 Å². The van der Waals surface area contributed by atoms with Crippen molar-refractivity contribution in [3.8, 4) is 17.2 Å². The molecule has 80 valence electrons. The number of ether oxygens (including phenoxy) is 1. The second-order valence-corrected chi connectivity index (χ2v) is 9.83. The van der Waals surface area contributed by atoms with Crippen LogP contribution in [0.4, 0.5) is 0 Å². The molecule has 1 aromatic rings. The zero-order chi connectivity index (χ0) is 11.5. The monoisotopic (exact) mass is 238 g/mol. The van der Waals surface area contributed by atoms with E-state index in [1.807, 2.05) is 5.38 Å². The lowest BCUT2D eigenvalue weighted by Crippen LogP contribution is -2.16. The largest absolute Gasteiger partial charge is 0.494 e. The van der Waals surface area contributed by atoms with Gasteiger partial charge in [0.2, 0.25) is 0 Å². The van der Waals surface area contributed by atoms with Crippen molar-refractivity contribution in [3.05, 3.63) is 15.8 Å².